The van der Waals surface area contributed by atoms with E-state index in [4.69, 9.17) is 0 Å². The average Bonchev–Trinajstić information content (AvgIpc) is 3.03. The van der Waals surface area contributed by atoms with Crippen LogP contribution < -0.4 is 10.6 Å². The fourth-order valence-electron chi connectivity index (χ4n) is 2.21. The SMILES string of the molecule is Cn1nnnc1-c1cccc(NCC(=O)Nc2cc(F)ccc2F)c1. The summed E-state index contributed by atoms with van der Waals surface area (Å²) < 4.78 is 28.2. The maximum Gasteiger partial charge on any atom is 0.243 e. The second kappa shape index (κ2) is 7.04. The van der Waals surface area contributed by atoms with Crippen LogP contribution in [0.1, 0.15) is 0 Å². The predicted molar refractivity (Wildman–Crippen MR) is 87.7 cm³/mol. The first kappa shape index (κ1) is 16.5. The minimum Gasteiger partial charge on any atom is -0.376 e. The molecular weight excluding hydrogens is 330 g/mol. The van der Waals surface area contributed by atoms with Crippen LogP contribution in [0.5, 0.6) is 0 Å². The van der Waals surface area contributed by atoms with Crippen LogP contribution in [0.3, 0.4) is 0 Å². The van der Waals surface area contributed by atoms with Crippen LogP contribution in [0.2, 0.25) is 0 Å². The number of rotatable bonds is 5. The highest BCUT2D eigenvalue weighted by Crippen LogP contribution is 2.19. The Bertz CT molecular complexity index is 911. The van der Waals surface area contributed by atoms with Crippen molar-refractivity contribution >= 4 is 17.3 Å². The van der Waals surface area contributed by atoms with Crippen molar-refractivity contribution in [1.29, 1.82) is 0 Å². The Morgan fingerprint density at radius 1 is 1.20 bits per heavy atom. The van der Waals surface area contributed by atoms with E-state index in [0.29, 0.717) is 11.5 Å². The summed E-state index contributed by atoms with van der Waals surface area (Å²) in [5.74, 6) is -1.26. The Kier molecular flexibility index (Phi) is 4.64. The first-order valence-corrected chi connectivity index (χ1v) is 7.34. The van der Waals surface area contributed by atoms with E-state index in [1.807, 2.05) is 6.07 Å². The summed E-state index contributed by atoms with van der Waals surface area (Å²) in [5.41, 5.74) is 1.23. The lowest BCUT2D eigenvalue weighted by atomic mass is 10.2. The van der Waals surface area contributed by atoms with Crippen molar-refractivity contribution in [3.05, 3.63) is 54.1 Å². The van der Waals surface area contributed by atoms with Crippen molar-refractivity contribution in [2.24, 2.45) is 7.05 Å². The molecule has 3 aromatic rings. The number of tetrazole rings is 1. The number of carbonyl (C=O) groups is 1. The standard InChI is InChI=1S/C16H14F2N6O/c1-24-16(21-22-23-24)10-3-2-4-12(7-10)19-9-15(25)20-14-8-11(17)5-6-13(14)18/h2-8,19H,9H2,1H3,(H,20,25). The molecule has 1 aromatic heterocycles. The quantitative estimate of drug-likeness (QED) is 0.741. The number of aryl methyl sites for hydroxylation is 1. The lowest BCUT2D eigenvalue weighted by Gasteiger charge is -2.09. The Morgan fingerprint density at radius 2 is 2.04 bits per heavy atom. The molecule has 1 heterocycles. The molecule has 2 aromatic carbocycles. The number of carbonyl (C=O) groups excluding carboxylic acids is 1. The van der Waals surface area contributed by atoms with Gasteiger partial charge in [0.2, 0.25) is 5.91 Å². The van der Waals surface area contributed by atoms with Crippen LogP contribution in [0.4, 0.5) is 20.2 Å². The number of halogens is 2. The number of anilines is 2. The molecule has 0 unspecified atom stereocenters. The third-order valence-electron chi connectivity index (χ3n) is 3.40. The molecule has 0 aliphatic rings. The predicted octanol–water partition coefficient (Wildman–Crippen LogP) is 2.21. The first-order chi connectivity index (χ1) is 12.0. The van der Waals surface area contributed by atoms with E-state index in [9.17, 15) is 13.6 Å². The van der Waals surface area contributed by atoms with E-state index in [2.05, 4.69) is 26.2 Å². The molecule has 0 spiro atoms. The summed E-state index contributed by atoms with van der Waals surface area (Å²) in [6.45, 7) is -0.115. The maximum absolute atomic E-state index is 13.5. The first-order valence-electron chi connectivity index (χ1n) is 7.34. The molecule has 0 saturated carbocycles. The zero-order valence-electron chi connectivity index (χ0n) is 13.2. The summed E-state index contributed by atoms with van der Waals surface area (Å²) in [6.07, 6.45) is 0. The second-order valence-electron chi connectivity index (χ2n) is 5.23. The van der Waals surface area contributed by atoms with Crippen LogP contribution in [-0.4, -0.2) is 32.7 Å². The highest BCUT2D eigenvalue weighted by Gasteiger charge is 2.09. The van der Waals surface area contributed by atoms with Gasteiger partial charge in [-0.2, -0.15) is 0 Å². The summed E-state index contributed by atoms with van der Waals surface area (Å²) in [6, 6.07) is 10.0. The molecule has 0 saturated heterocycles. The summed E-state index contributed by atoms with van der Waals surface area (Å²) >= 11 is 0. The summed E-state index contributed by atoms with van der Waals surface area (Å²) in [5, 5.41) is 16.5. The van der Waals surface area contributed by atoms with Gasteiger partial charge in [0.05, 0.1) is 12.2 Å². The molecule has 25 heavy (non-hydrogen) atoms. The van der Waals surface area contributed by atoms with Crippen molar-refractivity contribution in [1.82, 2.24) is 20.2 Å². The topological polar surface area (TPSA) is 84.7 Å². The van der Waals surface area contributed by atoms with Crippen molar-refractivity contribution < 1.29 is 13.6 Å². The number of hydrogen-bond acceptors (Lipinski definition) is 5. The third-order valence-corrected chi connectivity index (χ3v) is 3.40. The van der Waals surface area contributed by atoms with Gasteiger partial charge in [-0.05, 0) is 34.7 Å². The third kappa shape index (κ3) is 3.94. The van der Waals surface area contributed by atoms with E-state index in [1.54, 1.807) is 25.2 Å². The maximum atomic E-state index is 13.5. The number of aromatic nitrogens is 4. The van der Waals surface area contributed by atoms with Gasteiger partial charge in [-0.25, -0.2) is 13.5 Å². The van der Waals surface area contributed by atoms with Gasteiger partial charge in [-0.3, -0.25) is 4.79 Å². The monoisotopic (exact) mass is 344 g/mol. The van der Waals surface area contributed by atoms with Crippen LogP contribution in [0.25, 0.3) is 11.4 Å². The van der Waals surface area contributed by atoms with E-state index >= 15 is 0 Å². The van der Waals surface area contributed by atoms with Gasteiger partial charge < -0.3 is 10.6 Å². The molecule has 1 amide bonds. The van der Waals surface area contributed by atoms with Gasteiger partial charge >= 0.3 is 0 Å². The Labute approximate surface area is 141 Å². The minimum absolute atomic E-state index is 0.115. The van der Waals surface area contributed by atoms with E-state index in [-0.39, 0.29) is 12.2 Å². The van der Waals surface area contributed by atoms with Crippen LogP contribution in [-0.2, 0) is 11.8 Å². The molecule has 0 aliphatic heterocycles. The molecular formula is C16H14F2N6O. The number of nitrogens with zero attached hydrogens (tertiary/aromatic N) is 4. The molecule has 9 heteroatoms. The van der Waals surface area contributed by atoms with Crippen LogP contribution in [0, 0.1) is 11.6 Å². The molecule has 128 valence electrons. The van der Waals surface area contributed by atoms with Crippen LogP contribution >= 0.6 is 0 Å². The lowest BCUT2D eigenvalue weighted by molar-refractivity contribution is -0.114. The molecule has 0 aliphatic carbocycles. The second-order valence-corrected chi connectivity index (χ2v) is 5.23. The van der Waals surface area contributed by atoms with Crippen molar-refractivity contribution in [3.8, 4) is 11.4 Å². The number of nitrogens with one attached hydrogen (secondary N) is 2. The number of benzene rings is 2. The van der Waals surface area contributed by atoms with Gasteiger partial charge in [0.25, 0.3) is 0 Å². The number of hydrogen-bond donors (Lipinski definition) is 2. The van der Waals surface area contributed by atoms with Crippen molar-refractivity contribution in [2.75, 3.05) is 17.2 Å². The fourth-order valence-corrected chi connectivity index (χ4v) is 2.21. The Balaban J connectivity index is 1.64. The summed E-state index contributed by atoms with van der Waals surface area (Å²) in [4.78, 5) is 11.9. The molecule has 2 N–H and O–H groups in total. The fraction of sp³-hybridized carbons (Fsp3) is 0.125. The smallest absolute Gasteiger partial charge is 0.243 e. The molecule has 0 atom stereocenters. The zero-order valence-corrected chi connectivity index (χ0v) is 13.2. The van der Waals surface area contributed by atoms with Crippen molar-refractivity contribution in [2.45, 2.75) is 0 Å². The van der Waals surface area contributed by atoms with Gasteiger partial charge in [0.15, 0.2) is 5.82 Å². The highest BCUT2D eigenvalue weighted by molar-refractivity contribution is 5.93. The molecule has 3 rings (SSSR count). The molecule has 7 nitrogen and oxygen atoms in total. The van der Waals surface area contributed by atoms with E-state index < -0.39 is 17.5 Å². The van der Waals surface area contributed by atoms with Gasteiger partial charge in [0, 0.05) is 24.4 Å². The zero-order chi connectivity index (χ0) is 17.8. The Morgan fingerprint density at radius 3 is 2.80 bits per heavy atom. The van der Waals surface area contributed by atoms with Gasteiger partial charge in [-0.15, -0.1) is 5.10 Å². The van der Waals surface area contributed by atoms with Gasteiger partial charge in [-0.1, -0.05) is 12.1 Å². The lowest BCUT2D eigenvalue weighted by Crippen LogP contribution is -2.22. The molecule has 0 radical (unpaired) electrons. The number of amides is 1. The van der Waals surface area contributed by atoms with Gasteiger partial charge in [0.1, 0.15) is 11.6 Å². The normalized spacial score (nSPS) is 10.5. The molecule has 0 fully saturated rings. The largest absolute Gasteiger partial charge is 0.376 e. The van der Waals surface area contributed by atoms with E-state index in [0.717, 1.165) is 23.8 Å². The van der Waals surface area contributed by atoms with E-state index in [1.165, 1.54) is 4.68 Å². The minimum atomic E-state index is -0.702. The average molecular weight is 344 g/mol. The Hall–Kier alpha value is -3.36. The van der Waals surface area contributed by atoms with Crippen LogP contribution in [0.15, 0.2) is 42.5 Å². The summed E-state index contributed by atoms with van der Waals surface area (Å²) in [7, 11) is 1.72. The highest BCUT2D eigenvalue weighted by atomic mass is 19.1. The van der Waals surface area contributed by atoms with Crippen molar-refractivity contribution in [3.63, 3.8) is 0 Å². The molecule has 0 bridgehead atoms.